The Morgan fingerprint density at radius 2 is 1.61 bits per heavy atom. The van der Waals surface area contributed by atoms with Gasteiger partial charge in [-0.2, -0.15) is 0 Å². The molecular formula is C19H27N3O6. The van der Waals surface area contributed by atoms with Gasteiger partial charge in [-0.1, -0.05) is 19.1 Å². The van der Waals surface area contributed by atoms with Crippen LogP contribution in [0.15, 0.2) is 24.3 Å². The molecule has 28 heavy (non-hydrogen) atoms. The monoisotopic (exact) mass is 393 g/mol. The van der Waals surface area contributed by atoms with E-state index < -0.39 is 35.9 Å². The zero-order valence-electron chi connectivity index (χ0n) is 16.4. The molecule has 0 heterocycles. The lowest BCUT2D eigenvalue weighted by Gasteiger charge is -2.21. The summed E-state index contributed by atoms with van der Waals surface area (Å²) in [4.78, 5) is 47.1. The number of carbonyl (C=O) groups excluding carboxylic acids is 3. The van der Waals surface area contributed by atoms with E-state index in [2.05, 4.69) is 16.0 Å². The molecular weight excluding hydrogens is 366 g/mol. The van der Waals surface area contributed by atoms with Gasteiger partial charge < -0.3 is 25.8 Å². The maximum absolute atomic E-state index is 12.3. The number of hydrogen-bond acceptors (Lipinski definition) is 5. The summed E-state index contributed by atoms with van der Waals surface area (Å²) in [5.74, 6) is -2.05. The highest BCUT2D eigenvalue weighted by atomic mass is 16.5. The first-order chi connectivity index (χ1) is 13.2. The smallest absolute Gasteiger partial charge is 0.326 e. The van der Waals surface area contributed by atoms with Gasteiger partial charge >= 0.3 is 5.97 Å². The zero-order valence-corrected chi connectivity index (χ0v) is 16.4. The number of carboxylic acids is 1. The maximum atomic E-state index is 12.3. The highest BCUT2D eigenvalue weighted by molar-refractivity contribution is 5.92. The third-order valence-electron chi connectivity index (χ3n) is 4.07. The zero-order chi connectivity index (χ0) is 21.3. The van der Waals surface area contributed by atoms with E-state index in [1.54, 1.807) is 31.2 Å². The van der Waals surface area contributed by atoms with E-state index in [9.17, 15) is 24.3 Å². The van der Waals surface area contributed by atoms with Gasteiger partial charge in [0.2, 0.25) is 17.7 Å². The van der Waals surface area contributed by atoms with Crippen LogP contribution in [0.25, 0.3) is 0 Å². The van der Waals surface area contributed by atoms with Crippen molar-refractivity contribution in [3.05, 3.63) is 29.8 Å². The van der Waals surface area contributed by atoms with E-state index in [0.717, 1.165) is 0 Å². The first-order valence-electron chi connectivity index (χ1n) is 8.91. The van der Waals surface area contributed by atoms with Crippen molar-refractivity contribution in [2.75, 3.05) is 7.11 Å². The highest BCUT2D eigenvalue weighted by Crippen LogP contribution is 2.13. The van der Waals surface area contributed by atoms with Gasteiger partial charge in [0.05, 0.1) is 7.11 Å². The largest absolute Gasteiger partial charge is 0.497 e. The van der Waals surface area contributed by atoms with Gasteiger partial charge in [0.25, 0.3) is 0 Å². The fourth-order valence-corrected chi connectivity index (χ4v) is 2.47. The van der Waals surface area contributed by atoms with E-state index in [1.165, 1.54) is 21.0 Å². The summed E-state index contributed by atoms with van der Waals surface area (Å²) in [5.41, 5.74) is 0.710. The minimum absolute atomic E-state index is 0.0786. The van der Waals surface area contributed by atoms with Crippen LogP contribution in [0.4, 0.5) is 0 Å². The van der Waals surface area contributed by atoms with Gasteiger partial charge in [-0.15, -0.1) is 0 Å². The third-order valence-corrected chi connectivity index (χ3v) is 4.07. The summed E-state index contributed by atoms with van der Waals surface area (Å²) in [7, 11) is 1.53. The Balaban J connectivity index is 2.70. The normalized spacial score (nSPS) is 13.6. The quantitative estimate of drug-likeness (QED) is 0.450. The van der Waals surface area contributed by atoms with E-state index in [0.29, 0.717) is 17.7 Å². The summed E-state index contributed by atoms with van der Waals surface area (Å²) in [6, 6.07) is 3.95. The molecule has 0 aliphatic heterocycles. The first kappa shape index (κ1) is 22.9. The first-order valence-corrected chi connectivity index (χ1v) is 8.91. The van der Waals surface area contributed by atoms with Crippen LogP contribution in [0.3, 0.4) is 0 Å². The molecule has 154 valence electrons. The van der Waals surface area contributed by atoms with Gasteiger partial charge in [-0.05, 0) is 31.0 Å². The standard InChI is InChI=1S/C19H27N3O6/c1-5-15(21-12(3)23)18(25)20-11(2)17(24)22-16(19(26)27)10-13-6-8-14(28-4)9-7-13/h6-9,11,15-16H,5,10H2,1-4H3,(H,20,25)(H,21,23)(H,22,24)(H,26,27). The van der Waals surface area contributed by atoms with Gasteiger partial charge in [-0.3, -0.25) is 14.4 Å². The molecule has 0 spiro atoms. The second-order valence-electron chi connectivity index (χ2n) is 6.34. The van der Waals surface area contributed by atoms with Crippen LogP contribution in [0.1, 0.15) is 32.8 Å². The average molecular weight is 393 g/mol. The van der Waals surface area contributed by atoms with Crippen LogP contribution in [0.5, 0.6) is 5.75 Å². The molecule has 9 nitrogen and oxygen atoms in total. The SMILES string of the molecule is CCC(NC(C)=O)C(=O)NC(C)C(=O)NC(Cc1ccc(OC)cc1)C(=O)O. The van der Waals surface area contributed by atoms with Gasteiger partial charge in [0, 0.05) is 13.3 Å². The fraction of sp³-hybridized carbons (Fsp3) is 0.474. The number of benzene rings is 1. The molecule has 3 unspecified atom stereocenters. The van der Waals surface area contributed by atoms with Crippen molar-refractivity contribution in [1.82, 2.24) is 16.0 Å². The van der Waals surface area contributed by atoms with E-state index in [-0.39, 0.29) is 12.3 Å². The molecule has 3 amide bonds. The summed E-state index contributed by atoms with van der Waals surface area (Å²) >= 11 is 0. The molecule has 4 N–H and O–H groups in total. The molecule has 9 heteroatoms. The molecule has 0 aliphatic carbocycles. The molecule has 0 saturated carbocycles. The van der Waals surface area contributed by atoms with Crippen molar-refractivity contribution in [2.24, 2.45) is 0 Å². The highest BCUT2D eigenvalue weighted by Gasteiger charge is 2.26. The van der Waals surface area contributed by atoms with E-state index in [1.807, 2.05) is 0 Å². The van der Waals surface area contributed by atoms with Crippen LogP contribution in [0, 0.1) is 0 Å². The molecule has 0 fully saturated rings. The molecule has 0 aromatic heterocycles. The third kappa shape index (κ3) is 7.26. The van der Waals surface area contributed by atoms with Crippen molar-refractivity contribution >= 4 is 23.7 Å². The maximum Gasteiger partial charge on any atom is 0.326 e. The van der Waals surface area contributed by atoms with E-state index >= 15 is 0 Å². The second-order valence-corrected chi connectivity index (χ2v) is 6.34. The Morgan fingerprint density at radius 1 is 1.00 bits per heavy atom. The predicted molar refractivity (Wildman–Crippen MR) is 102 cm³/mol. The van der Waals surface area contributed by atoms with Crippen molar-refractivity contribution in [3.8, 4) is 5.75 Å². The number of methoxy groups -OCH3 is 1. The van der Waals surface area contributed by atoms with Crippen molar-refractivity contribution in [3.63, 3.8) is 0 Å². The molecule has 1 rings (SSSR count). The molecule has 0 aliphatic rings. The topological polar surface area (TPSA) is 134 Å². The Hall–Kier alpha value is -3.10. The van der Waals surface area contributed by atoms with Crippen LogP contribution in [0.2, 0.25) is 0 Å². The number of carboxylic acid groups (broad SMARTS) is 1. The van der Waals surface area contributed by atoms with Crippen molar-refractivity contribution in [1.29, 1.82) is 0 Å². The number of hydrogen-bond donors (Lipinski definition) is 4. The lowest BCUT2D eigenvalue weighted by molar-refractivity contribution is -0.142. The Labute approximate surface area is 163 Å². The predicted octanol–water partition coefficient (Wildman–Crippen LogP) is 0.227. The minimum atomic E-state index is -1.19. The molecule has 0 saturated heterocycles. The summed E-state index contributed by atoms with van der Waals surface area (Å²) in [5, 5.41) is 16.8. The number of ether oxygens (including phenoxy) is 1. The Kier molecular flexibility index (Phi) is 8.94. The van der Waals surface area contributed by atoms with Gasteiger partial charge in [0.1, 0.15) is 23.9 Å². The summed E-state index contributed by atoms with van der Waals surface area (Å²) < 4.78 is 5.05. The molecule has 1 aromatic carbocycles. The van der Waals surface area contributed by atoms with Gasteiger partial charge in [0.15, 0.2) is 0 Å². The summed E-state index contributed by atoms with van der Waals surface area (Å²) in [6.45, 7) is 4.46. The minimum Gasteiger partial charge on any atom is -0.497 e. The Bertz CT molecular complexity index is 704. The van der Waals surface area contributed by atoms with Gasteiger partial charge in [-0.25, -0.2) is 4.79 Å². The Morgan fingerprint density at radius 3 is 2.07 bits per heavy atom. The van der Waals surface area contributed by atoms with E-state index in [4.69, 9.17) is 4.74 Å². The van der Waals surface area contributed by atoms with Crippen molar-refractivity contribution in [2.45, 2.75) is 51.7 Å². The van der Waals surface area contributed by atoms with Crippen LogP contribution in [-0.4, -0.2) is 54.0 Å². The van der Waals surface area contributed by atoms with Crippen LogP contribution >= 0.6 is 0 Å². The molecule has 0 radical (unpaired) electrons. The lowest BCUT2D eigenvalue weighted by Crippen LogP contribution is -2.54. The fourth-order valence-electron chi connectivity index (χ4n) is 2.47. The number of aliphatic carboxylic acids is 1. The van der Waals surface area contributed by atoms with Crippen LogP contribution < -0.4 is 20.7 Å². The number of amides is 3. The second kappa shape index (κ2) is 10.9. The molecule has 1 aromatic rings. The van der Waals surface area contributed by atoms with Crippen LogP contribution in [-0.2, 0) is 25.6 Å². The lowest BCUT2D eigenvalue weighted by atomic mass is 10.1. The van der Waals surface area contributed by atoms with Crippen molar-refractivity contribution < 1.29 is 29.0 Å². The molecule has 0 bridgehead atoms. The number of nitrogens with one attached hydrogen (secondary N) is 3. The number of rotatable bonds is 10. The summed E-state index contributed by atoms with van der Waals surface area (Å²) in [6.07, 6.45) is 0.435. The number of carbonyl (C=O) groups is 4. The molecule has 3 atom stereocenters. The average Bonchev–Trinajstić information content (AvgIpc) is 2.65.